The first-order valence-corrected chi connectivity index (χ1v) is 6.26. The molecule has 1 fully saturated rings. The van der Waals surface area contributed by atoms with Crippen molar-refractivity contribution < 1.29 is 14.3 Å². The Morgan fingerprint density at radius 1 is 1.44 bits per heavy atom. The second kappa shape index (κ2) is 6.04. The van der Waals surface area contributed by atoms with Crippen LogP contribution in [-0.4, -0.2) is 48.7 Å². The molecule has 0 aromatic heterocycles. The Bertz CT molecular complexity index is 312. The number of carbonyl (C=O) groups is 2. The molecule has 0 saturated carbocycles. The van der Waals surface area contributed by atoms with Crippen LogP contribution in [0.25, 0.3) is 0 Å². The lowest BCUT2D eigenvalue weighted by Gasteiger charge is -2.20. The number of likely N-dealkylation sites (tertiary alicyclic amines) is 1. The summed E-state index contributed by atoms with van der Waals surface area (Å²) in [7, 11) is 0. The highest BCUT2D eigenvalue weighted by molar-refractivity contribution is 5.78. The van der Waals surface area contributed by atoms with Gasteiger partial charge in [0.25, 0.3) is 0 Å². The Morgan fingerprint density at radius 2 is 2.11 bits per heavy atom. The third-order valence-electron chi connectivity index (χ3n) is 2.75. The summed E-state index contributed by atoms with van der Waals surface area (Å²) in [6.07, 6.45) is 0.479. The van der Waals surface area contributed by atoms with Crippen molar-refractivity contribution in [3.8, 4) is 0 Å². The zero-order valence-electron chi connectivity index (χ0n) is 11.4. The summed E-state index contributed by atoms with van der Waals surface area (Å²) < 4.78 is 5.14. The average Bonchev–Trinajstić information content (AvgIpc) is 2.71. The number of amides is 2. The molecule has 0 aromatic rings. The van der Waals surface area contributed by atoms with Gasteiger partial charge in [-0.2, -0.15) is 0 Å². The fourth-order valence-electron chi connectivity index (χ4n) is 1.90. The fraction of sp³-hybridized carbons (Fsp3) is 0.833. The molecule has 0 bridgehead atoms. The average molecular weight is 257 g/mol. The van der Waals surface area contributed by atoms with Gasteiger partial charge in [-0.15, -0.1) is 0 Å². The highest BCUT2D eigenvalue weighted by Gasteiger charge is 2.26. The van der Waals surface area contributed by atoms with Gasteiger partial charge in [-0.1, -0.05) is 0 Å². The maximum atomic E-state index is 11.5. The molecular weight excluding hydrogens is 234 g/mol. The molecule has 0 spiro atoms. The first-order valence-electron chi connectivity index (χ1n) is 6.26. The van der Waals surface area contributed by atoms with E-state index in [1.54, 1.807) is 4.90 Å². The summed E-state index contributed by atoms with van der Waals surface area (Å²) in [6.45, 7) is 7.43. The van der Waals surface area contributed by atoms with Crippen LogP contribution in [0.1, 0.15) is 27.2 Å². The number of ether oxygens (including phenoxy) is 1. The molecule has 6 heteroatoms. The van der Waals surface area contributed by atoms with Gasteiger partial charge in [-0.3, -0.25) is 4.79 Å². The van der Waals surface area contributed by atoms with Gasteiger partial charge < -0.3 is 20.7 Å². The Labute approximate surface area is 108 Å². The summed E-state index contributed by atoms with van der Waals surface area (Å²) in [5, 5.41) is 2.73. The lowest BCUT2D eigenvalue weighted by atomic mass is 10.1. The normalized spacial score (nSPS) is 19.8. The standard InChI is InChI=1S/C12H23N3O3/c1-12(2,3)18-11(17)14-7-9-4-5-15(8-9)10(16)6-13/h9H,4-8,13H2,1-3H3,(H,14,17)/t9-/m0/s1. The second-order valence-electron chi connectivity index (χ2n) is 5.58. The maximum absolute atomic E-state index is 11.5. The van der Waals surface area contributed by atoms with Crippen LogP contribution in [0.3, 0.4) is 0 Å². The van der Waals surface area contributed by atoms with Crippen LogP contribution < -0.4 is 11.1 Å². The van der Waals surface area contributed by atoms with Gasteiger partial charge in [-0.25, -0.2) is 4.79 Å². The monoisotopic (exact) mass is 257 g/mol. The molecule has 1 aliphatic rings. The van der Waals surface area contributed by atoms with E-state index >= 15 is 0 Å². The largest absolute Gasteiger partial charge is 0.444 e. The summed E-state index contributed by atoms with van der Waals surface area (Å²) in [5.41, 5.74) is 4.82. The lowest BCUT2D eigenvalue weighted by molar-refractivity contribution is -0.128. The Balaban J connectivity index is 2.26. The quantitative estimate of drug-likeness (QED) is 0.762. The third-order valence-corrected chi connectivity index (χ3v) is 2.75. The molecule has 1 atom stereocenters. The van der Waals surface area contributed by atoms with Crippen molar-refractivity contribution in [3.63, 3.8) is 0 Å². The first kappa shape index (κ1) is 14.8. The van der Waals surface area contributed by atoms with Crippen molar-refractivity contribution in [2.75, 3.05) is 26.2 Å². The minimum Gasteiger partial charge on any atom is -0.444 e. The molecule has 1 aliphatic heterocycles. The molecule has 0 radical (unpaired) electrons. The highest BCUT2D eigenvalue weighted by Crippen LogP contribution is 2.15. The highest BCUT2D eigenvalue weighted by atomic mass is 16.6. The van der Waals surface area contributed by atoms with Crippen LogP contribution >= 0.6 is 0 Å². The molecule has 0 aromatic carbocycles. The summed E-state index contributed by atoms with van der Waals surface area (Å²) in [4.78, 5) is 24.6. The van der Waals surface area contributed by atoms with Crippen molar-refractivity contribution in [1.29, 1.82) is 0 Å². The van der Waals surface area contributed by atoms with Gasteiger partial charge in [-0.05, 0) is 33.1 Å². The first-order chi connectivity index (χ1) is 8.31. The van der Waals surface area contributed by atoms with Gasteiger partial charge in [0.15, 0.2) is 0 Å². The third kappa shape index (κ3) is 4.91. The molecule has 18 heavy (non-hydrogen) atoms. The van der Waals surface area contributed by atoms with Gasteiger partial charge in [0.05, 0.1) is 6.54 Å². The summed E-state index contributed by atoms with van der Waals surface area (Å²) >= 11 is 0. The molecule has 0 unspecified atom stereocenters. The number of hydrogen-bond donors (Lipinski definition) is 2. The summed E-state index contributed by atoms with van der Waals surface area (Å²) in [6, 6.07) is 0. The topological polar surface area (TPSA) is 84.7 Å². The van der Waals surface area contributed by atoms with Gasteiger partial charge in [0, 0.05) is 19.6 Å². The van der Waals surface area contributed by atoms with Crippen molar-refractivity contribution in [2.45, 2.75) is 32.8 Å². The van der Waals surface area contributed by atoms with E-state index in [2.05, 4.69) is 5.32 Å². The summed E-state index contributed by atoms with van der Waals surface area (Å²) in [5.74, 6) is 0.253. The van der Waals surface area contributed by atoms with Crippen molar-refractivity contribution in [2.24, 2.45) is 11.7 Å². The fourth-order valence-corrected chi connectivity index (χ4v) is 1.90. The van der Waals surface area contributed by atoms with Gasteiger partial charge in [0.2, 0.25) is 5.91 Å². The van der Waals surface area contributed by atoms with Crippen molar-refractivity contribution in [3.05, 3.63) is 0 Å². The maximum Gasteiger partial charge on any atom is 0.407 e. The molecule has 3 N–H and O–H groups in total. The molecule has 1 heterocycles. The molecule has 1 rings (SSSR count). The van der Waals surface area contributed by atoms with E-state index in [9.17, 15) is 9.59 Å². The van der Waals surface area contributed by atoms with E-state index in [1.807, 2.05) is 20.8 Å². The van der Waals surface area contributed by atoms with E-state index < -0.39 is 11.7 Å². The second-order valence-corrected chi connectivity index (χ2v) is 5.58. The van der Waals surface area contributed by atoms with E-state index in [0.717, 1.165) is 13.0 Å². The molecule has 0 aliphatic carbocycles. The van der Waals surface area contributed by atoms with Crippen LogP contribution in [0, 0.1) is 5.92 Å². The zero-order valence-corrected chi connectivity index (χ0v) is 11.4. The smallest absolute Gasteiger partial charge is 0.407 e. The Hall–Kier alpha value is -1.30. The molecule has 104 valence electrons. The van der Waals surface area contributed by atoms with E-state index in [-0.39, 0.29) is 18.4 Å². The molecule has 6 nitrogen and oxygen atoms in total. The number of nitrogens with two attached hydrogens (primary N) is 1. The minimum absolute atomic E-state index is 0.0326. The molecule has 2 amide bonds. The lowest BCUT2D eigenvalue weighted by Crippen LogP contribution is -2.37. The van der Waals surface area contributed by atoms with E-state index in [4.69, 9.17) is 10.5 Å². The SMILES string of the molecule is CC(C)(C)OC(=O)NC[C@@H]1CCN(C(=O)CN)C1. The number of hydrogen-bond acceptors (Lipinski definition) is 4. The van der Waals surface area contributed by atoms with Crippen LogP contribution in [0.5, 0.6) is 0 Å². The number of rotatable bonds is 3. The van der Waals surface area contributed by atoms with Crippen molar-refractivity contribution >= 4 is 12.0 Å². The van der Waals surface area contributed by atoms with E-state index in [0.29, 0.717) is 13.1 Å². The molecular formula is C12H23N3O3. The van der Waals surface area contributed by atoms with Gasteiger partial charge in [0.1, 0.15) is 5.60 Å². The number of carbonyl (C=O) groups excluding carboxylic acids is 2. The minimum atomic E-state index is -0.485. The van der Waals surface area contributed by atoms with Crippen LogP contribution in [0.15, 0.2) is 0 Å². The van der Waals surface area contributed by atoms with Crippen LogP contribution in [0.4, 0.5) is 4.79 Å². The van der Waals surface area contributed by atoms with Gasteiger partial charge >= 0.3 is 6.09 Å². The number of nitrogens with zero attached hydrogens (tertiary/aromatic N) is 1. The predicted molar refractivity (Wildman–Crippen MR) is 68.0 cm³/mol. The zero-order chi connectivity index (χ0) is 13.8. The number of nitrogens with one attached hydrogen (secondary N) is 1. The number of alkyl carbamates (subject to hydrolysis) is 1. The molecule has 1 saturated heterocycles. The Morgan fingerprint density at radius 3 is 2.67 bits per heavy atom. The van der Waals surface area contributed by atoms with E-state index in [1.165, 1.54) is 0 Å². The predicted octanol–water partition coefficient (Wildman–Crippen LogP) is 0.318. The van der Waals surface area contributed by atoms with Crippen molar-refractivity contribution in [1.82, 2.24) is 10.2 Å². The van der Waals surface area contributed by atoms with Crippen LogP contribution in [0.2, 0.25) is 0 Å². The Kier molecular flexibility index (Phi) is 4.95. The van der Waals surface area contributed by atoms with Crippen LogP contribution in [-0.2, 0) is 9.53 Å².